The summed E-state index contributed by atoms with van der Waals surface area (Å²) < 4.78 is 0. The fourth-order valence-corrected chi connectivity index (χ4v) is 1.48. The summed E-state index contributed by atoms with van der Waals surface area (Å²) in [6, 6.07) is 8.13. The van der Waals surface area contributed by atoms with Crippen LogP contribution in [0.2, 0.25) is 0 Å². The molecule has 1 unspecified atom stereocenters. The number of aliphatic hydroxyl groups excluding tert-OH is 2. The third-order valence-corrected chi connectivity index (χ3v) is 2.54. The predicted molar refractivity (Wildman–Crippen MR) is 60.6 cm³/mol. The van der Waals surface area contributed by atoms with E-state index >= 15 is 0 Å². The molecule has 3 heteroatoms. The molecular formula is C12H19NO2. The molecule has 0 aliphatic rings. The second-order valence-corrected chi connectivity index (χ2v) is 3.70. The number of benzene rings is 1. The molecule has 0 aromatic heterocycles. The number of hydrogen-bond donors (Lipinski definition) is 3. The quantitative estimate of drug-likeness (QED) is 0.650. The molecule has 0 heterocycles. The third-order valence-electron chi connectivity index (χ3n) is 2.54. The number of aryl methyl sites for hydroxylation is 1. The fourth-order valence-electron chi connectivity index (χ4n) is 1.48. The average molecular weight is 209 g/mol. The summed E-state index contributed by atoms with van der Waals surface area (Å²) in [4.78, 5) is 0. The Balaban J connectivity index is 2.45. The molecule has 0 fully saturated rings. The highest BCUT2D eigenvalue weighted by Gasteiger charge is 2.06. The van der Waals surface area contributed by atoms with Crippen molar-refractivity contribution in [1.29, 1.82) is 0 Å². The lowest BCUT2D eigenvalue weighted by Crippen LogP contribution is -2.33. The van der Waals surface area contributed by atoms with Gasteiger partial charge in [-0.05, 0) is 24.5 Å². The first-order chi connectivity index (χ1) is 7.27. The van der Waals surface area contributed by atoms with Crippen LogP contribution in [0.1, 0.15) is 17.5 Å². The van der Waals surface area contributed by atoms with Crippen molar-refractivity contribution in [2.75, 3.05) is 13.2 Å². The average Bonchev–Trinajstić information content (AvgIpc) is 2.26. The highest BCUT2D eigenvalue weighted by molar-refractivity contribution is 5.25. The van der Waals surface area contributed by atoms with E-state index in [1.807, 2.05) is 12.1 Å². The minimum absolute atomic E-state index is 0.0189. The topological polar surface area (TPSA) is 52.5 Å². The van der Waals surface area contributed by atoms with Gasteiger partial charge < -0.3 is 15.5 Å². The molecule has 0 bridgehead atoms. The summed E-state index contributed by atoms with van der Waals surface area (Å²) >= 11 is 0. The monoisotopic (exact) mass is 209 g/mol. The SMILES string of the molecule is Cc1ccccc1CNC(CO)CCO. The van der Waals surface area contributed by atoms with E-state index in [1.54, 1.807) is 0 Å². The van der Waals surface area contributed by atoms with Gasteiger partial charge in [0.15, 0.2) is 0 Å². The number of rotatable bonds is 6. The first-order valence-electron chi connectivity index (χ1n) is 5.27. The molecule has 0 saturated carbocycles. The zero-order valence-corrected chi connectivity index (χ0v) is 9.11. The second kappa shape index (κ2) is 6.56. The van der Waals surface area contributed by atoms with Gasteiger partial charge in [-0.2, -0.15) is 0 Å². The Morgan fingerprint density at radius 3 is 2.60 bits per heavy atom. The van der Waals surface area contributed by atoms with E-state index in [-0.39, 0.29) is 19.3 Å². The van der Waals surface area contributed by atoms with Crippen molar-refractivity contribution in [2.45, 2.75) is 25.9 Å². The summed E-state index contributed by atoms with van der Waals surface area (Å²) in [7, 11) is 0. The Labute approximate surface area is 90.8 Å². The van der Waals surface area contributed by atoms with Gasteiger partial charge in [-0.3, -0.25) is 0 Å². The van der Waals surface area contributed by atoms with Crippen molar-refractivity contribution in [1.82, 2.24) is 5.32 Å². The van der Waals surface area contributed by atoms with Crippen LogP contribution >= 0.6 is 0 Å². The molecule has 0 aliphatic carbocycles. The Kier molecular flexibility index (Phi) is 5.32. The van der Waals surface area contributed by atoms with Gasteiger partial charge in [0, 0.05) is 19.2 Å². The van der Waals surface area contributed by atoms with Crippen molar-refractivity contribution in [3.63, 3.8) is 0 Å². The predicted octanol–water partition coefficient (Wildman–Crippen LogP) is 0.828. The van der Waals surface area contributed by atoms with E-state index in [4.69, 9.17) is 10.2 Å². The van der Waals surface area contributed by atoms with Crippen LogP contribution < -0.4 is 5.32 Å². The summed E-state index contributed by atoms with van der Waals surface area (Å²) in [5.41, 5.74) is 2.47. The van der Waals surface area contributed by atoms with E-state index in [0.717, 1.165) is 6.54 Å². The normalized spacial score (nSPS) is 12.7. The Bertz CT molecular complexity index is 289. The molecule has 3 nitrogen and oxygen atoms in total. The Morgan fingerprint density at radius 2 is 2.00 bits per heavy atom. The third kappa shape index (κ3) is 4.00. The van der Waals surface area contributed by atoms with Crippen LogP contribution in [0.4, 0.5) is 0 Å². The first-order valence-corrected chi connectivity index (χ1v) is 5.27. The lowest BCUT2D eigenvalue weighted by molar-refractivity contribution is 0.200. The fraction of sp³-hybridized carbons (Fsp3) is 0.500. The van der Waals surface area contributed by atoms with Crippen LogP contribution in [0.3, 0.4) is 0 Å². The van der Waals surface area contributed by atoms with E-state index in [2.05, 4.69) is 24.4 Å². The van der Waals surface area contributed by atoms with Crippen LogP contribution in [-0.2, 0) is 6.54 Å². The molecule has 0 spiro atoms. The lowest BCUT2D eigenvalue weighted by Gasteiger charge is -2.15. The number of aliphatic hydroxyl groups is 2. The minimum Gasteiger partial charge on any atom is -0.396 e. The highest BCUT2D eigenvalue weighted by Crippen LogP contribution is 2.06. The molecule has 1 rings (SSSR count). The van der Waals surface area contributed by atoms with Gasteiger partial charge in [0.2, 0.25) is 0 Å². The van der Waals surface area contributed by atoms with E-state index in [0.29, 0.717) is 6.42 Å². The maximum absolute atomic E-state index is 9.03. The molecule has 0 amide bonds. The minimum atomic E-state index is -0.0189. The molecule has 0 saturated heterocycles. The van der Waals surface area contributed by atoms with E-state index in [9.17, 15) is 0 Å². The zero-order chi connectivity index (χ0) is 11.1. The van der Waals surface area contributed by atoms with Crippen molar-refractivity contribution >= 4 is 0 Å². The van der Waals surface area contributed by atoms with Crippen LogP contribution in [0.15, 0.2) is 24.3 Å². The summed E-state index contributed by atoms with van der Waals surface area (Å²) in [6.07, 6.45) is 0.586. The van der Waals surface area contributed by atoms with Gasteiger partial charge in [0.05, 0.1) is 6.61 Å². The van der Waals surface area contributed by atoms with Crippen molar-refractivity contribution in [3.8, 4) is 0 Å². The van der Waals surface area contributed by atoms with E-state index in [1.165, 1.54) is 11.1 Å². The van der Waals surface area contributed by atoms with Gasteiger partial charge in [0.1, 0.15) is 0 Å². The summed E-state index contributed by atoms with van der Waals surface area (Å²) in [6.45, 7) is 2.97. The van der Waals surface area contributed by atoms with Gasteiger partial charge in [-0.15, -0.1) is 0 Å². The maximum atomic E-state index is 9.03. The highest BCUT2D eigenvalue weighted by atomic mass is 16.3. The molecule has 1 atom stereocenters. The van der Waals surface area contributed by atoms with Crippen LogP contribution in [-0.4, -0.2) is 29.5 Å². The molecular weight excluding hydrogens is 190 g/mol. The number of hydrogen-bond acceptors (Lipinski definition) is 3. The lowest BCUT2D eigenvalue weighted by atomic mass is 10.1. The molecule has 1 aromatic carbocycles. The van der Waals surface area contributed by atoms with Gasteiger partial charge in [0.25, 0.3) is 0 Å². The van der Waals surface area contributed by atoms with Crippen LogP contribution in [0.5, 0.6) is 0 Å². The zero-order valence-electron chi connectivity index (χ0n) is 9.11. The van der Waals surface area contributed by atoms with Crippen molar-refractivity contribution in [2.24, 2.45) is 0 Å². The molecule has 3 N–H and O–H groups in total. The van der Waals surface area contributed by atoms with Crippen LogP contribution in [0.25, 0.3) is 0 Å². The smallest absolute Gasteiger partial charge is 0.0585 e. The molecule has 1 aromatic rings. The van der Waals surface area contributed by atoms with E-state index < -0.39 is 0 Å². The standard InChI is InChI=1S/C12H19NO2/c1-10-4-2-3-5-11(10)8-13-12(9-15)6-7-14/h2-5,12-15H,6-9H2,1H3. The van der Waals surface area contributed by atoms with Gasteiger partial charge in [-0.1, -0.05) is 24.3 Å². The second-order valence-electron chi connectivity index (χ2n) is 3.70. The molecule has 84 valence electrons. The van der Waals surface area contributed by atoms with Crippen molar-refractivity contribution in [3.05, 3.63) is 35.4 Å². The first kappa shape index (κ1) is 12.2. The van der Waals surface area contributed by atoms with Crippen LogP contribution in [0, 0.1) is 6.92 Å². The summed E-state index contributed by atoms with van der Waals surface area (Å²) in [5, 5.41) is 21.0. The Morgan fingerprint density at radius 1 is 1.27 bits per heavy atom. The molecule has 0 aliphatic heterocycles. The van der Waals surface area contributed by atoms with Gasteiger partial charge in [-0.25, -0.2) is 0 Å². The van der Waals surface area contributed by atoms with Crippen molar-refractivity contribution < 1.29 is 10.2 Å². The largest absolute Gasteiger partial charge is 0.396 e. The maximum Gasteiger partial charge on any atom is 0.0585 e. The summed E-state index contributed by atoms with van der Waals surface area (Å²) in [5.74, 6) is 0. The molecule has 15 heavy (non-hydrogen) atoms. The Hall–Kier alpha value is -0.900. The van der Waals surface area contributed by atoms with Gasteiger partial charge >= 0.3 is 0 Å². The number of nitrogens with one attached hydrogen (secondary N) is 1. The molecule has 0 radical (unpaired) electrons.